The molecule has 4 N–H and O–H groups in total. The van der Waals surface area contributed by atoms with Crippen molar-refractivity contribution in [3.8, 4) is 11.5 Å². The Morgan fingerprint density at radius 1 is 1.45 bits per heavy atom. The Hall–Kier alpha value is -3.53. The highest BCUT2D eigenvalue weighted by atomic mass is 32.1. The molecule has 31 heavy (non-hydrogen) atoms. The maximum Gasteiger partial charge on any atom is 0.341 e. The van der Waals surface area contributed by atoms with Crippen LogP contribution in [0.5, 0.6) is 11.5 Å². The molecule has 0 saturated heterocycles. The monoisotopic (exact) mass is 442 g/mol. The molecule has 10 heteroatoms. The van der Waals surface area contributed by atoms with E-state index in [0.717, 1.165) is 11.8 Å². The molecule has 1 aliphatic rings. The Labute approximate surface area is 182 Å². The Bertz CT molecular complexity index is 1050. The summed E-state index contributed by atoms with van der Waals surface area (Å²) in [4.78, 5) is 32.3. The summed E-state index contributed by atoms with van der Waals surface area (Å²) in [6, 6.07) is 3.43. The summed E-state index contributed by atoms with van der Waals surface area (Å²) in [6.45, 7) is 1.93. The number of rotatable bonds is 8. The van der Waals surface area contributed by atoms with E-state index in [2.05, 4.69) is 15.3 Å². The zero-order valence-corrected chi connectivity index (χ0v) is 17.7. The van der Waals surface area contributed by atoms with Crippen molar-refractivity contribution in [2.75, 3.05) is 13.7 Å². The normalized spacial score (nSPS) is 19.5. The number of urea groups is 1. The molecule has 3 unspecified atom stereocenters. The molecular weight excluding hydrogens is 420 g/mol. The molecule has 2 amide bonds. The van der Waals surface area contributed by atoms with E-state index in [1.807, 2.05) is 16.8 Å². The van der Waals surface area contributed by atoms with Crippen molar-refractivity contribution in [2.24, 2.45) is 15.9 Å². The number of ether oxygens (including phenoxy) is 1. The van der Waals surface area contributed by atoms with Crippen LogP contribution < -0.4 is 10.1 Å². The van der Waals surface area contributed by atoms with E-state index in [1.54, 1.807) is 14.0 Å². The standard InChI is InChI=1S/C21H22N4O5S/c1-3-30-15-7-12(6-14(19(15)26)20(27)28)17-16(11-4-5-31-10-11)18(25-21(29)24-17)13(8-22)9-23-2/h4-10,13,16-17,22,26H,3H2,1-2H3,(H,24,29)(H,27,28). The van der Waals surface area contributed by atoms with Crippen molar-refractivity contribution in [3.63, 3.8) is 0 Å². The minimum absolute atomic E-state index is 0.0125. The molecule has 162 valence electrons. The highest BCUT2D eigenvalue weighted by Gasteiger charge is 2.38. The summed E-state index contributed by atoms with van der Waals surface area (Å²) in [5.74, 6) is -2.87. The lowest BCUT2D eigenvalue weighted by molar-refractivity contribution is 0.0692. The molecule has 0 aliphatic carbocycles. The summed E-state index contributed by atoms with van der Waals surface area (Å²) < 4.78 is 5.43. The average Bonchev–Trinajstić information content (AvgIpc) is 3.27. The molecule has 3 rings (SSSR count). The first-order valence-corrected chi connectivity index (χ1v) is 10.4. The van der Waals surface area contributed by atoms with E-state index in [-0.39, 0.29) is 17.9 Å². The number of carbonyl (C=O) groups is 2. The largest absolute Gasteiger partial charge is 0.504 e. The van der Waals surface area contributed by atoms with Gasteiger partial charge in [0, 0.05) is 31.1 Å². The van der Waals surface area contributed by atoms with Crippen LogP contribution >= 0.6 is 11.3 Å². The van der Waals surface area contributed by atoms with Gasteiger partial charge in [0.1, 0.15) is 5.56 Å². The second-order valence-electron chi connectivity index (χ2n) is 6.75. The van der Waals surface area contributed by atoms with Gasteiger partial charge in [0.15, 0.2) is 11.5 Å². The van der Waals surface area contributed by atoms with Gasteiger partial charge in [-0.2, -0.15) is 11.3 Å². The number of amides is 2. The van der Waals surface area contributed by atoms with Crippen LogP contribution in [-0.4, -0.2) is 54.0 Å². The molecule has 0 fully saturated rings. The van der Waals surface area contributed by atoms with Gasteiger partial charge >= 0.3 is 12.0 Å². The summed E-state index contributed by atoms with van der Waals surface area (Å²) in [7, 11) is 1.57. The quantitative estimate of drug-likeness (QED) is 0.462. The van der Waals surface area contributed by atoms with Crippen LogP contribution in [0.15, 0.2) is 38.9 Å². The third-order valence-electron chi connectivity index (χ3n) is 4.88. The van der Waals surface area contributed by atoms with Crippen LogP contribution in [0.1, 0.15) is 40.4 Å². The molecule has 9 nitrogen and oxygen atoms in total. The first-order valence-electron chi connectivity index (χ1n) is 9.48. The van der Waals surface area contributed by atoms with E-state index < -0.39 is 35.6 Å². The molecule has 3 atom stereocenters. The molecule has 2 aromatic rings. The number of carboxylic acids is 1. The fraction of sp³-hybridized carbons (Fsp3) is 0.286. The number of benzene rings is 1. The minimum Gasteiger partial charge on any atom is -0.504 e. The number of carbonyl (C=O) groups excluding carboxylic acids is 1. The van der Waals surface area contributed by atoms with Gasteiger partial charge in [-0.1, -0.05) is 0 Å². The zero-order valence-electron chi connectivity index (χ0n) is 16.9. The second-order valence-corrected chi connectivity index (χ2v) is 7.53. The van der Waals surface area contributed by atoms with E-state index >= 15 is 0 Å². The van der Waals surface area contributed by atoms with Gasteiger partial charge < -0.3 is 25.7 Å². The number of carboxylic acid groups (broad SMARTS) is 1. The highest BCUT2D eigenvalue weighted by Crippen LogP contribution is 2.41. The summed E-state index contributed by atoms with van der Waals surface area (Å²) in [5.41, 5.74) is 1.39. The van der Waals surface area contributed by atoms with Crippen molar-refractivity contribution in [1.82, 2.24) is 5.32 Å². The summed E-state index contributed by atoms with van der Waals surface area (Å²) in [6.07, 6.45) is 2.69. The summed E-state index contributed by atoms with van der Waals surface area (Å²) >= 11 is 1.47. The molecule has 2 heterocycles. The van der Waals surface area contributed by atoms with Crippen LogP contribution in [0.2, 0.25) is 0 Å². The van der Waals surface area contributed by atoms with E-state index in [0.29, 0.717) is 11.3 Å². The molecule has 0 radical (unpaired) electrons. The number of hydrogen-bond donors (Lipinski definition) is 4. The molecule has 0 spiro atoms. The summed E-state index contributed by atoms with van der Waals surface area (Å²) in [5, 5.41) is 34.3. The molecule has 0 bridgehead atoms. The lowest BCUT2D eigenvalue weighted by Crippen LogP contribution is -2.42. The number of thiophene rings is 1. The number of nitrogens with zero attached hydrogens (tertiary/aromatic N) is 2. The van der Waals surface area contributed by atoms with Gasteiger partial charge in [0.25, 0.3) is 0 Å². The van der Waals surface area contributed by atoms with Gasteiger partial charge in [-0.15, -0.1) is 0 Å². The van der Waals surface area contributed by atoms with Crippen LogP contribution in [-0.2, 0) is 0 Å². The highest BCUT2D eigenvalue weighted by molar-refractivity contribution is 7.08. The molecule has 1 aromatic carbocycles. The van der Waals surface area contributed by atoms with E-state index in [9.17, 15) is 19.8 Å². The maximum atomic E-state index is 12.5. The predicted molar refractivity (Wildman–Crippen MR) is 119 cm³/mol. The molecular formula is C21H22N4O5S. The van der Waals surface area contributed by atoms with Crippen molar-refractivity contribution < 1.29 is 24.5 Å². The average molecular weight is 442 g/mol. The van der Waals surface area contributed by atoms with Crippen molar-refractivity contribution >= 4 is 41.5 Å². The topological polar surface area (TPSA) is 144 Å². The number of nitrogens with one attached hydrogen (secondary N) is 2. The van der Waals surface area contributed by atoms with Crippen molar-refractivity contribution in [3.05, 3.63) is 45.6 Å². The number of hydrogen-bond acceptors (Lipinski definition) is 7. The SMILES string of the molecule is CCOc1cc(C2NC(=O)N=C(C(C=N)C=NC)C2c2ccsc2)cc(C(=O)O)c1O. The van der Waals surface area contributed by atoms with Crippen molar-refractivity contribution in [2.45, 2.75) is 18.9 Å². The van der Waals surface area contributed by atoms with Crippen molar-refractivity contribution in [1.29, 1.82) is 5.41 Å². The van der Waals surface area contributed by atoms with Gasteiger partial charge in [-0.3, -0.25) is 4.99 Å². The smallest absolute Gasteiger partial charge is 0.341 e. The molecule has 1 aliphatic heterocycles. The van der Waals surface area contributed by atoms with Crippen LogP contribution in [0.3, 0.4) is 0 Å². The first-order chi connectivity index (χ1) is 14.9. The molecule has 0 saturated carbocycles. The number of aromatic hydroxyl groups is 1. The lowest BCUT2D eigenvalue weighted by Gasteiger charge is -2.34. The fourth-order valence-electron chi connectivity index (χ4n) is 3.58. The van der Waals surface area contributed by atoms with Gasteiger partial charge in [0.05, 0.1) is 18.6 Å². The fourth-order valence-corrected chi connectivity index (χ4v) is 4.28. The number of phenols is 1. The minimum atomic E-state index is -1.32. The predicted octanol–water partition coefficient (Wildman–Crippen LogP) is 3.51. The van der Waals surface area contributed by atoms with Gasteiger partial charge in [-0.05, 0) is 47.0 Å². The Morgan fingerprint density at radius 2 is 2.23 bits per heavy atom. The number of aliphatic imine (C=N–C) groups is 2. The van der Waals surface area contributed by atoms with Crippen LogP contribution in [0.25, 0.3) is 0 Å². The Kier molecular flexibility index (Phi) is 6.81. The van der Waals surface area contributed by atoms with E-state index in [4.69, 9.17) is 10.1 Å². The Morgan fingerprint density at radius 3 is 2.81 bits per heavy atom. The van der Waals surface area contributed by atoms with Gasteiger partial charge in [-0.25, -0.2) is 14.6 Å². The maximum absolute atomic E-state index is 12.5. The zero-order chi connectivity index (χ0) is 22.5. The van der Waals surface area contributed by atoms with Crippen LogP contribution in [0, 0.1) is 11.3 Å². The first kappa shape index (κ1) is 22.2. The van der Waals surface area contributed by atoms with Crippen LogP contribution in [0.4, 0.5) is 4.79 Å². The van der Waals surface area contributed by atoms with E-state index in [1.165, 1.54) is 29.7 Å². The Balaban J connectivity index is 2.21. The third kappa shape index (κ3) is 4.48. The van der Waals surface area contributed by atoms with Gasteiger partial charge in [0.2, 0.25) is 0 Å². The lowest BCUT2D eigenvalue weighted by atomic mass is 9.79. The third-order valence-corrected chi connectivity index (χ3v) is 5.58. The second kappa shape index (κ2) is 9.52. The molecule has 1 aromatic heterocycles. The number of aromatic carboxylic acids is 1.